The van der Waals surface area contributed by atoms with Crippen molar-refractivity contribution in [1.29, 1.82) is 0 Å². The third-order valence-electron chi connectivity index (χ3n) is 12.3. The molecule has 0 saturated heterocycles. The molecule has 6 N–H and O–H groups in total. The molecule has 0 aliphatic rings. The van der Waals surface area contributed by atoms with Crippen LogP contribution in [0.25, 0.3) is 0 Å². The van der Waals surface area contributed by atoms with Gasteiger partial charge in [-0.25, -0.2) is 0 Å². The van der Waals surface area contributed by atoms with E-state index in [9.17, 15) is 30.6 Å². The number of phenolic OH excluding ortho intramolecular Hbond substituents is 6. The number of hydrogen-bond donors (Lipinski definition) is 6. The van der Waals surface area contributed by atoms with E-state index in [-0.39, 0.29) is 34.5 Å². The summed E-state index contributed by atoms with van der Waals surface area (Å²) in [6.07, 6.45) is 2.29. The molecular formula is C51H56O6. The molecule has 0 saturated carbocycles. The summed E-state index contributed by atoms with van der Waals surface area (Å²) in [6.45, 7) is 19.7. The predicted octanol–water partition coefficient (Wildman–Crippen LogP) is 11.0. The molecule has 0 heterocycles. The first kappa shape index (κ1) is 40.8. The molecule has 296 valence electrons. The van der Waals surface area contributed by atoms with Crippen molar-refractivity contribution in [2.24, 2.45) is 0 Å². The molecule has 0 fully saturated rings. The molecule has 0 bridgehead atoms. The Bertz CT molecular complexity index is 2380. The van der Waals surface area contributed by atoms with Gasteiger partial charge >= 0.3 is 0 Å². The van der Waals surface area contributed by atoms with Crippen LogP contribution in [0.5, 0.6) is 34.5 Å². The maximum absolute atomic E-state index is 11.5. The molecule has 6 nitrogen and oxygen atoms in total. The Morgan fingerprint density at radius 3 is 0.825 bits per heavy atom. The minimum atomic E-state index is 0.194. The molecule has 0 unspecified atom stereocenters. The summed E-state index contributed by atoms with van der Waals surface area (Å²) in [4.78, 5) is 0. The highest BCUT2D eigenvalue weighted by molar-refractivity contribution is 5.60. The maximum atomic E-state index is 11.5. The molecule has 0 aromatic heterocycles. The molecule has 0 aliphatic carbocycles. The van der Waals surface area contributed by atoms with Crippen LogP contribution in [0.3, 0.4) is 0 Å². The fraction of sp³-hybridized carbons (Fsp3) is 0.294. The van der Waals surface area contributed by atoms with Crippen molar-refractivity contribution in [2.75, 3.05) is 0 Å². The lowest BCUT2D eigenvalue weighted by atomic mass is 9.84. The second kappa shape index (κ2) is 15.9. The van der Waals surface area contributed by atoms with Crippen LogP contribution in [-0.4, -0.2) is 30.6 Å². The van der Waals surface area contributed by atoms with Gasteiger partial charge in [-0.05, 0) is 166 Å². The van der Waals surface area contributed by atoms with Gasteiger partial charge in [0.15, 0.2) is 0 Å². The van der Waals surface area contributed by atoms with E-state index < -0.39 is 0 Å². The van der Waals surface area contributed by atoms with Gasteiger partial charge in [-0.1, -0.05) is 59.7 Å². The van der Waals surface area contributed by atoms with E-state index in [1.54, 1.807) is 12.1 Å². The zero-order chi connectivity index (χ0) is 41.6. The summed E-state index contributed by atoms with van der Waals surface area (Å²) >= 11 is 0. The van der Waals surface area contributed by atoms with Gasteiger partial charge in [-0.15, -0.1) is 0 Å². The molecule has 0 aliphatic heterocycles. The van der Waals surface area contributed by atoms with E-state index in [1.165, 1.54) is 0 Å². The largest absolute Gasteiger partial charge is 0.508 e. The normalized spacial score (nSPS) is 11.4. The van der Waals surface area contributed by atoms with Gasteiger partial charge in [0.05, 0.1) is 0 Å². The van der Waals surface area contributed by atoms with E-state index in [4.69, 9.17) is 0 Å². The molecule has 57 heavy (non-hydrogen) atoms. The summed E-state index contributed by atoms with van der Waals surface area (Å²) in [7, 11) is 0. The van der Waals surface area contributed by atoms with Gasteiger partial charge in [-0.3, -0.25) is 0 Å². The number of benzene rings is 6. The first-order valence-electron chi connectivity index (χ1n) is 19.7. The van der Waals surface area contributed by atoms with Gasteiger partial charge in [0.1, 0.15) is 34.5 Å². The van der Waals surface area contributed by atoms with Gasteiger partial charge < -0.3 is 30.6 Å². The third kappa shape index (κ3) is 8.04. The lowest BCUT2D eigenvalue weighted by molar-refractivity contribution is 0.458. The van der Waals surface area contributed by atoms with Crippen molar-refractivity contribution in [3.8, 4) is 34.5 Å². The number of rotatable bonds is 10. The van der Waals surface area contributed by atoms with Crippen LogP contribution in [0.15, 0.2) is 60.7 Å². The maximum Gasteiger partial charge on any atom is 0.122 e. The molecule has 6 rings (SSSR count). The van der Waals surface area contributed by atoms with Crippen LogP contribution in [0.2, 0.25) is 0 Å². The van der Waals surface area contributed by atoms with Gasteiger partial charge in [0.2, 0.25) is 0 Å². The molecule has 6 aromatic rings. The summed E-state index contributed by atoms with van der Waals surface area (Å²) in [5, 5.41) is 66.7. The van der Waals surface area contributed by atoms with Crippen LogP contribution in [-0.2, 0) is 32.1 Å². The third-order valence-corrected chi connectivity index (χ3v) is 12.3. The Kier molecular flexibility index (Phi) is 11.4. The van der Waals surface area contributed by atoms with E-state index >= 15 is 0 Å². The molecule has 6 aromatic carbocycles. The highest BCUT2D eigenvalue weighted by atomic mass is 16.3. The van der Waals surface area contributed by atoms with Crippen molar-refractivity contribution < 1.29 is 30.6 Å². The Balaban J connectivity index is 1.36. The highest BCUT2D eigenvalue weighted by Crippen LogP contribution is 2.40. The standard InChI is InChI=1S/C51H56O6/c1-26-11-13-46(52)40(15-26)24-44-34(9)38(19-30(5)50(44)56)22-42-32(7)36(17-28(3)48(42)54)21-37-18-29(4)49(55)43(33(37)8)23-39-20-31(6)51(57)45(35(39)10)25-41-16-27(2)12-14-47(41)53/h11-20,52-57H,21-25H2,1-10H3. The Morgan fingerprint density at radius 2 is 0.544 bits per heavy atom. The first-order chi connectivity index (χ1) is 26.9. The van der Waals surface area contributed by atoms with E-state index in [1.807, 2.05) is 91.8 Å². The second-order valence-corrected chi connectivity index (χ2v) is 16.4. The molecule has 6 heteroatoms. The van der Waals surface area contributed by atoms with Crippen molar-refractivity contribution in [2.45, 2.75) is 101 Å². The smallest absolute Gasteiger partial charge is 0.122 e. The van der Waals surface area contributed by atoms with Crippen LogP contribution in [0.1, 0.15) is 111 Å². The van der Waals surface area contributed by atoms with Crippen LogP contribution >= 0.6 is 0 Å². The lowest BCUT2D eigenvalue weighted by Gasteiger charge is -2.22. The Labute approximate surface area is 337 Å². The quantitative estimate of drug-likeness (QED) is 0.0826. The van der Waals surface area contributed by atoms with Crippen LogP contribution < -0.4 is 0 Å². The number of phenols is 6. The topological polar surface area (TPSA) is 121 Å². The van der Waals surface area contributed by atoms with E-state index in [0.29, 0.717) is 32.1 Å². The van der Waals surface area contributed by atoms with E-state index in [2.05, 4.69) is 26.0 Å². The van der Waals surface area contributed by atoms with Gasteiger partial charge in [-0.2, -0.15) is 0 Å². The number of aromatic hydroxyl groups is 6. The molecule has 0 radical (unpaired) electrons. The van der Waals surface area contributed by atoms with Crippen molar-refractivity contribution in [1.82, 2.24) is 0 Å². The summed E-state index contributed by atoms with van der Waals surface area (Å²) in [6, 6.07) is 19.1. The minimum Gasteiger partial charge on any atom is -0.508 e. The SMILES string of the molecule is Cc1ccc(O)c(Cc2c(C)c(Cc3c(C)c(Cc4cc(C)c(O)c(Cc5cc(C)c(O)c(Cc6cc(C)ccc6O)c5C)c4C)cc(C)c3O)cc(C)c2O)c1. The highest BCUT2D eigenvalue weighted by Gasteiger charge is 2.22. The zero-order valence-electron chi connectivity index (χ0n) is 35.0. The predicted molar refractivity (Wildman–Crippen MR) is 230 cm³/mol. The molecular weight excluding hydrogens is 709 g/mol. The molecule has 0 atom stereocenters. The van der Waals surface area contributed by atoms with Gasteiger partial charge in [0.25, 0.3) is 0 Å². The first-order valence-corrected chi connectivity index (χ1v) is 19.7. The van der Waals surface area contributed by atoms with Crippen molar-refractivity contribution in [3.05, 3.63) is 172 Å². The zero-order valence-corrected chi connectivity index (χ0v) is 35.0. The van der Waals surface area contributed by atoms with Crippen LogP contribution in [0.4, 0.5) is 0 Å². The second-order valence-electron chi connectivity index (χ2n) is 16.4. The fourth-order valence-corrected chi connectivity index (χ4v) is 8.47. The number of aryl methyl sites for hydroxylation is 6. The summed E-state index contributed by atoms with van der Waals surface area (Å²) in [5.41, 5.74) is 17.8. The average molecular weight is 765 g/mol. The summed E-state index contributed by atoms with van der Waals surface area (Å²) in [5.74, 6) is 1.34. The van der Waals surface area contributed by atoms with E-state index in [0.717, 1.165) is 111 Å². The van der Waals surface area contributed by atoms with Crippen molar-refractivity contribution in [3.63, 3.8) is 0 Å². The van der Waals surface area contributed by atoms with Crippen molar-refractivity contribution >= 4 is 0 Å². The Hall–Kier alpha value is -5.88. The number of hydrogen-bond acceptors (Lipinski definition) is 6. The molecule has 0 spiro atoms. The summed E-state index contributed by atoms with van der Waals surface area (Å²) < 4.78 is 0. The van der Waals surface area contributed by atoms with Gasteiger partial charge in [0, 0.05) is 47.9 Å². The minimum absolute atomic E-state index is 0.194. The molecule has 0 amide bonds. The lowest BCUT2D eigenvalue weighted by Crippen LogP contribution is -2.07. The van der Waals surface area contributed by atoms with Crippen LogP contribution in [0, 0.1) is 69.2 Å². The monoisotopic (exact) mass is 764 g/mol. The fourth-order valence-electron chi connectivity index (χ4n) is 8.47. The average Bonchev–Trinajstić information content (AvgIpc) is 3.16. The Morgan fingerprint density at radius 1 is 0.298 bits per heavy atom.